The summed E-state index contributed by atoms with van der Waals surface area (Å²) in [6, 6.07) is 3.34. The first kappa shape index (κ1) is 13.0. The van der Waals surface area contributed by atoms with E-state index in [2.05, 4.69) is 12.2 Å². The third-order valence-corrected chi connectivity index (χ3v) is 3.64. The van der Waals surface area contributed by atoms with Crippen molar-refractivity contribution in [1.82, 2.24) is 0 Å². The van der Waals surface area contributed by atoms with E-state index in [1.54, 1.807) is 6.07 Å². The lowest BCUT2D eigenvalue weighted by Crippen LogP contribution is -2.31. The lowest BCUT2D eigenvalue weighted by molar-refractivity contribution is 0.285. The monoisotopic (exact) mass is 252 g/mol. The van der Waals surface area contributed by atoms with Gasteiger partial charge in [0, 0.05) is 18.2 Å². The molecule has 1 aliphatic rings. The number of rotatable bonds is 5. The number of nitrogens with one attached hydrogen (secondary N) is 1. The van der Waals surface area contributed by atoms with Crippen molar-refractivity contribution < 1.29 is 9.13 Å². The number of hydrogen-bond donors (Lipinski definition) is 2. The highest BCUT2D eigenvalue weighted by atomic mass is 19.1. The van der Waals surface area contributed by atoms with Crippen LogP contribution in [0.1, 0.15) is 33.1 Å². The number of nitrogen functional groups attached to an aromatic ring is 1. The van der Waals surface area contributed by atoms with Crippen LogP contribution in [0.25, 0.3) is 0 Å². The van der Waals surface area contributed by atoms with Crippen LogP contribution in [0.3, 0.4) is 0 Å². The van der Waals surface area contributed by atoms with Gasteiger partial charge in [0.2, 0.25) is 0 Å². The van der Waals surface area contributed by atoms with Crippen LogP contribution in [0.2, 0.25) is 0 Å². The van der Waals surface area contributed by atoms with Crippen molar-refractivity contribution in [2.24, 2.45) is 5.92 Å². The van der Waals surface area contributed by atoms with Crippen molar-refractivity contribution >= 4 is 11.4 Å². The Bertz CT molecular complexity index is 419. The van der Waals surface area contributed by atoms with Crippen LogP contribution in [-0.2, 0) is 0 Å². The summed E-state index contributed by atoms with van der Waals surface area (Å²) >= 11 is 0. The average molecular weight is 252 g/mol. The molecule has 0 spiro atoms. The summed E-state index contributed by atoms with van der Waals surface area (Å²) in [6.07, 6.45) is 3.82. The Kier molecular flexibility index (Phi) is 3.94. The van der Waals surface area contributed by atoms with E-state index in [1.807, 2.05) is 6.92 Å². The SMILES string of the molecule is CCOc1cc(NC(C)C2CCC2)c(N)cc1F. The Morgan fingerprint density at radius 1 is 1.50 bits per heavy atom. The third kappa shape index (κ3) is 2.68. The van der Waals surface area contributed by atoms with Gasteiger partial charge in [-0.3, -0.25) is 0 Å². The molecular formula is C14H21FN2O. The summed E-state index contributed by atoms with van der Waals surface area (Å²) in [7, 11) is 0. The fraction of sp³-hybridized carbons (Fsp3) is 0.571. The van der Waals surface area contributed by atoms with Gasteiger partial charge in [0.15, 0.2) is 11.6 Å². The molecule has 0 radical (unpaired) electrons. The molecule has 18 heavy (non-hydrogen) atoms. The summed E-state index contributed by atoms with van der Waals surface area (Å²) < 4.78 is 18.8. The molecule has 0 aliphatic heterocycles. The Hall–Kier alpha value is -1.45. The minimum absolute atomic E-state index is 0.259. The van der Waals surface area contributed by atoms with Gasteiger partial charge in [0.25, 0.3) is 0 Å². The van der Waals surface area contributed by atoms with Gasteiger partial charge in [0.05, 0.1) is 18.0 Å². The van der Waals surface area contributed by atoms with E-state index in [0.29, 0.717) is 24.3 Å². The minimum Gasteiger partial charge on any atom is -0.491 e. The van der Waals surface area contributed by atoms with E-state index in [1.165, 1.54) is 25.3 Å². The molecule has 1 aromatic carbocycles. The molecule has 1 atom stereocenters. The first-order chi connectivity index (χ1) is 8.61. The predicted molar refractivity (Wildman–Crippen MR) is 72.4 cm³/mol. The Balaban J connectivity index is 2.12. The largest absolute Gasteiger partial charge is 0.491 e. The molecule has 100 valence electrons. The standard InChI is InChI=1S/C14H21FN2O/c1-3-18-14-8-13(12(16)7-11(14)15)17-9(2)10-5-4-6-10/h7-10,17H,3-6,16H2,1-2H3. The van der Waals surface area contributed by atoms with Crippen molar-refractivity contribution in [2.75, 3.05) is 17.7 Å². The summed E-state index contributed by atoms with van der Waals surface area (Å²) in [4.78, 5) is 0. The van der Waals surface area contributed by atoms with E-state index in [9.17, 15) is 4.39 Å². The smallest absolute Gasteiger partial charge is 0.167 e. The minimum atomic E-state index is -0.406. The van der Waals surface area contributed by atoms with E-state index in [-0.39, 0.29) is 5.75 Å². The molecule has 3 N–H and O–H groups in total. The van der Waals surface area contributed by atoms with Crippen molar-refractivity contribution in [3.63, 3.8) is 0 Å². The lowest BCUT2D eigenvalue weighted by Gasteiger charge is -2.32. The van der Waals surface area contributed by atoms with E-state index in [0.717, 1.165) is 5.69 Å². The topological polar surface area (TPSA) is 47.3 Å². The maximum absolute atomic E-state index is 13.6. The predicted octanol–water partition coefficient (Wildman–Crippen LogP) is 3.41. The van der Waals surface area contributed by atoms with Crippen LogP contribution in [0.5, 0.6) is 5.75 Å². The van der Waals surface area contributed by atoms with Crippen molar-refractivity contribution in [2.45, 2.75) is 39.2 Å². The Morgan fingerprint density at radius 2 is 2.22 bits per heavy atom. The maximum atomic E-state index is 13.6. The van der Waals surface area contributed by atoms with E-state index in [4.69, 9.17) is 10.5 Å². The van der Waals surface area contributed by atoms with E-state index < -0.39 is 5.82 Å². The van der Waals surface area contributed by atoms with Crippen LogP contribution < -0.4 is 15.8 Å². The van der Waals surface area contributed by atoms with Gasteiger partial charge in [-0.2, -0.15) is 0 Å². The molecule has 0 saturated heterocycles. The van der Waals surface area contributed by atoms with Gasteiger partial charge in [-0.1, -0.05) is 6.42 Å². The highest BCUT2D eigenvalue weighted by Crippen LogP contribution is 2.34. The van der Waals surface area contributed by atoms with Crippen LogP contribution in [0.4, 0.5) is 15.8 Å². The second kappa shape index (κ2) is 5.46. The average Bonchev–Trinajstić information content (AvgIpc) is 2.22. The number of nitrogens with two attached hydrogens (primary N) is 1. The van der Waals surface area contributed by atoms with Crippen molar-refractivity contribution in [1.29, 1.82) is 0 Å². The summed E-state index contributed by atoms with van der Waals surface area (Å²) in [6.45, 7) is 4.42. The molecule has 0 amide bonds. The quantitative estimate of drug-likeness (QED) is 0.789. The molecule has 1 aromatic rings. The number of ether oxygens (including phenoxy) is 1. The Morgan fingerprint density at radius 3 is 2.78 bits per heavy atom. The zero-order valence-electron chi connectivity index (χ0n) is 11.0. The maximum Gasteiger partial charge on any atom is 0.167 e. The van der Waals surface area contributed by atoms with Crippen molar-refractivity contribution in [3.8, 4) is 5.75 Å². The molecule has 0 heterocycles. The normalized spacial score (nSPS) is 17.1. The number of anilines is 2. The highest BCUT2D eigenvalue weighted by Gasteiger charge is 2.24. The molecule has 3 nitrogen and oxygen atoms in total. The summed E-state index contributed by atoms with van der Waals surface area (Å²) in [5.74, 6) is 0.552. The van der Waals surface area contributed by atoms with Crippen LogP contribution in [0.15, 0.2) is 12.1 Å². The molecule has 2 rings (SSSR count). The van der Waals surface area contributed by atoms with Gasteiger partial charge in [-0.25, -0.2) is 4.39 Å². The van der Waals surface area contributed by atoms with Gasteiger partial charge in [0.1, 0.15) is 0 Å². The fourth-order valence-electron chi connectivity index (χ4n) is 2.26. The van der Waals surface area contributed by atoms with Gasteiger partial charge in [-0.05, 0) is 32.6 Å². The van der Waals surface area contributed by atoms with Crippen molar-refractivity contribution in [3.05, 3.63) is 17.9 Å². The molecule has 4 heteroatoms. The number of benzene rings is 1. The molecular weight excluding hydrogens is 231 g/mol. The molecule has 1 fully saturated rings. The van der Waals surface area contributed by atoms with E-state index >= 15 is 0 Å². The highest BCUT2D eigenvalue weighted by molar-refractivity contribution is 5.69. The third-order valence-electron chi connectivity index (χ3n) is 3.64. The van der Waals surface area contributed by atoms with Gasteiger partial charge in [-0.15, -0.1) is 0 Å². The van der Waals surface area contributed by atoms with Crippen LogP contribution >= 0.6 is 0 Å². The number of halogens is 1. The van der Waals surface area contributed by atoms with Crippen LogP contribution in [-0.4, -0.2) is 12.6 Å². The summed E-state index contributed by atoms with van der Waals surface area (Å²) in [5, 5.41) is 3.37. The first-order valence-electron chi connectivity index (χ1n) is 6.60. The Labute approximate surface area is 108 Å². The molecule has 1 aliphatic carbocycles. The van der Waals surface area contributed by atoms with Crippen LogP contribution in [0, 0.1) is 11.7 Å². The summed E-state index contributed by atoms with van der Waals surface area (Å²) in [5.41, 5.74) is 7.03. The zero-order chi connectivity index (χ0) is 13.1. The zero-order valence-corrected chi connectivity index (χ0v) is 11.0. The molecule has 1 unspecified atom stereocenters. The van der Waals surface area contributed by atoms with Gasteiger partial charge < -0.3 is 15.8 Å². The number of hydrogen-bond acceptors (Lipinski definition) is 3. The van der Waals surface area contributed by atoms with Gasteiger partial charge >= 0.3 is 0 Å². The second-order valence-electron chi connectivity index (χ2n) is 4.93. The second-order valence-corrected chi connectivity index (χ2v) is 4.93. The molecule has 0 bridgehead atoms. The lowest BCUT2D eigenvalue weighted by atomic mass is 9.80. The fourth-order valence-corrected chi connectivity index (χ4v) is 2.26. The molecule has 1 saturated carbocycles. The first-order valence-corrected chi connectivity index (χ1v) is 6.60. The molecule has 0 aromatic heterocycles.